The van der Waals surface area contributed by atoms with Gasteiger partial charge in [-0.05, 0) is 50.8 Å². The third-order valence-electron chi connectivity index (χ3n) is 3.88. The Kier molecular flexibility index (Phi) is 3.24. The molecule has 0 atom stereocenters. The lowest BCUT2D eigenvalue weighted by atomic mass is 10.0. The maximum atomic E-state index is 12.3. The second-order valence-electron chi connectivity index (χ2n) is 5.95. The summed E-state index contributed by atoms with van der Waals surface area (Å²) in [5.41, 5.74) is 2.65. The topological polar surface area (TPSA) is 49.4 Å². The van der Waals surface area contributed by atoms with Gasteiger partial charge in [-0.2, -0.15) is 0 Å². The maximum Gasteiger partial charge on any atom is 0.251 e. The van der Waals surface area contributed by atoms with Gasteiger partial charge >= 0.3 is 0 Å². The summed E-state index contributed by atoms with van der Waals surface area (Å²) in [6.45, 7) is 4.60. The number of hydrogen-bond donors (Lipinski definition) is 1. The van der Waals surface area contributed by atoms with E-state index in [1.165, 1.54) is 0 Å². The summed E-state index contributed by atoms with van der Waals surface area (Å²) in [4.78, 5) is 26.3. The fourth-order valence-corrected chi connectivity index (χ4v) is 2.77. The summed E-state index contributed by atoms with van der Waals surface area (Å²) < 4.78 is 0. The number of carbonyl (C=O) groups excluding carboxylic acids is 2. The van der Waals surface area contributed by atoms with E-state index in [1.807, 2.05) is 36.9 Å². The molecule has 1 fully saturated rings. The van der Waals surface area contributed by atoms with Crippen molar-refractivity contribution in [2.24, 2.45) is 5.92 Å². The molecule has 1 aliphatic carbocycles. The van der Waals surface area contributed by atoms with Crippen molar-refractivity contribution >= 4 is 17.5 Å². The number of fused-ring (bicyclic) bond motifs is 1. The maximum absolute atomic E-state index is 12.3. The summed E-state index contributed by atoms with van der Waals surface area (Å²) in [5, 5.41) is 2.93. The Hall–Kier alpha value is -1.84. The van der Waals surface area contributed by atoms with Crippen LogP contribution in [-0.4, -0.2) is 24.4 Å². The highest BCUT2D eigenvalue weighted by molar-refractivity contribution is 6.02. The molecule has 4 nitrogen and oxygen atoms in total. The summed E-state index contributed by atoms with van der Waals surface area (Å²) in [5.74, 6) is 0.400. The Morgan fingerprint density at radius 2 is 2.05 bits per heavy atom. The normalized spacial score (nSPS) is 17.2. The lowest BCUT2D eigenvalue weighted by Crippen LogP contribution is -2.31. The number of anilines is 1. The van der Waals surface area contributed by atoms with Gasteiger partial charge in [0.2, 0.25) is 5.91 Å². The molecular weight excluding hydrogens is 252 g/mol. The van der Waals surface area contributed by atoms with Crippen molar-refractivity contribution in [3.63, 3.8) is 0 Å². The first-order chi connectivity index (χ1) is 9.58. The first kappa shape index (κ1) is 13.2. The van der Waals surface area contributed by atoms with E-state index in [1.54, 1.807) is 0 Å². The van der Waals surface area contributed by atoms with Gasteiger partial charge in [-0.3, -0.25) is 9.59 Å². The van der Waals surface area contributed by atoms with Crippen LogP contribution in [0.15, 0.2) is 18.2 Å². The first-order valence-electron chi connectivity index (χ1n) is 7.32. The summed E-state index contributed by atoms with van der Waals surface area (Å²) in [7, 11) is 0. The predicted molar refractivity (Wildman–Crippen MR) is 77.8 cm³/mol. The number of hydrogen-bond acceptors (Lipinski definition) is 2. The molecule has 1 aliphatic heterocycles. The van der Waals surface area contributed by atoms with Crippen LogP contribution in [0.25, 0.3) is 0 Å². The molecule has 1 aromatic carbocycles. The van der Waals surface area contributed by atoms with Gasteiger partial charge in [0.25, 0.3) is 5.91 Å². The highest BCUT2D eigenvalue weighted by atomic mass is 16.2. The monoisotopic (exact) mass is 272 g/mol. The zero-order valence-corrected chi connectivity index (χ0v) is 12.0. The Bertz CT molecular complexity index is 562. The van der Waals surface area contributed by atoms with Crippen LogP contribution in [0.1, 0.15) is 42.6 Å². The van der Waals surface area contributed by atoms with E-state index in [9.17, 15) is 9.59 Å². The standard InChI is InChI=1S/C16H20N2O2/c1-10(2)17-15(19)13-4-3-5-14-12(13)8-9-18(14)16(20)11-6-7-11/h3-5,10-11H,6-9H2,1-2H3,(H,17,19). The van der Waals surface area contributed by atoms with Crippen molar-refractivity contribution < 1.29 is 9.59 Å². The Morgan fingerprint density at radius 1 is 1.30 bits per heavy atom. The summed E-state index contributed by atoms with van der Waals surface area (Å²) in [6, 6.07) is 5.78. The molecule has 1 saturated carbocycles. The lowest BCUT2D eigenvalue weighted by Gasteiger charge is -2.17. The van der Waals surface area contributed by atoms with Crippen LogP contribution in [0, 0.1) is 5.92 Å². The van der Waals surface area contributed by atoms with E-state index in [0.717, 1.165) is 30.5 Å². The zero-order chi connectivity index (χ0) is 14.3. The highest BCUT2D eigenvalue weighted by Gasteiger charge is 2.37. The SMILES string of the molecule is CC(C)NC(=O)c1cccc2c1CCN2C(=O)C1CC1. The largest absolute Gasteiger partial charge is 0.350 e. The lowest BCUT2D eigenvalue weighted by molar-refractivity contribution is -0.119. The number of benzene rings is 1. The van der Waals surface area contributed by atoms with E-state index >= 15 is 0 Å². The smallest absolute Gasteiger partial charge is 0.251 e. The number of nitrogens with one attached hydrogen (secondary N) is 1. The second kappa shape index (κ2) is 4.93. The van der Waals surface area contributed by atoms with E-state index in [0.29, 0.717) is 12.1 Å². The molecule has 1 aromatic rings. The third-order valence-corrected chi connectivity index (χ3v) is 3.88. The van der Waals surface area contributed by atoms with Crippen molar-refractivity contribution in [3.05, 3.63) is 29.3 Å². The Balaban J connectivity index is 1.89. The minimum atomic E-state index is -0.0439. The summed E-state index contributed by atoms with van der Waals surface area (Å²) >= 11 is 0. The molecule has 2 amide bonds. The van der Waals surface area contributed by atoms with E-state index in [4.69, 9.17) is 0 Å². The van der Waals surface area contributed by atoms with Crippen LogP contribution in [0.4, 0.5) is 5.69 Å². The number of rotatable bonds is 3. The van der Waals surface area contributed by atoms with Gasteiger partial charge < -0.3 is 10.2 Å². The quantitative estimate of drug-likeness (QED) is 0.916. The highest BCUT2D eigenvalue weighted by Crippen LogP contribution is 2.37. The minimum absolute atomic E-state index is 0.0439. The molecule has 0 aromatic heterocycles. The molecule has 0 spiro atoms. The molecule has 20 heavy (non-hydrogen) atoms. The Morgan fingerprint density at radius 3 is 2.70 bits per heavy atom. The van der Waals surface area contributed by atoms with Crippen LogP contribution < -0.4 is 10.2 Å². The fourth-order valence-electron chi connectivity index (χ4n) is 2.77. The molecule has 0 radical (unpaired) electrons. The number of nitrogens with zero attached hydrogens (tertiary/aromatic N) is 1. The molecular formula is C16H20N2O2. The molecule has 0 bridgehead atoms. The van der Waals surface area contributed by atoms with Crippen molar-refractivity contribution in [3.8, 4) is 0 Å². The molecule has 0 unspecified atom stereocenters. The molecule has 3 rings (SSSR count). The van der Waals surface area contributed by atoms with E-state index in [-0.39, 0.29) is 23.8 Å². The molecule has 2 aliphatic rings. The zero-order valence-electron chi connectivity index (χ0n) is 12.0. The fraction of sp³-hybridized carbons (Fsp3) is 0.500. The van der Waals surface area contributed by atoms with Crippen LogP contribution in [0.3, 0.4) is 0 Å². The molecule has 0 saturated heterocycles. The van der Waals surface area contributed by atoms with E-state index in [2.05, 4.69) is 5.32 Å². The van der Waals surface area contributed by atoms with Crippen LogP contribution >= 0.6 is 0 Å². The van der Waals surface area contributed by atoms with Crippen molar-refractivity contribution in [1.82, 2.24) is 5.32 Å². The number of carbonyl (C=O) groups is 2. The Labute approximate surface area is 119 Å². The second-order valence-corrected chi connectivity index (χ2v) is 5.95. The van der Waals surface area contributed by atoms with Crippen LogP contribution in [0.5, 0.6) is 0 Å². The van der Waals surface area contributed by atoms with Gasteiger partial charge in [-0.25, -0.2) is 0 Å². The summed E-state index contributed by atoms with van der Waals surface area (Å²) in [6.07, 6.45) is 2.80. The van der Waals surface area contributed by atoms with Crippen LogP contribution in [-0.2, 0) is 11.2 Å². The van der Waals surface area contributed by atoms with Crippen molar-refractivity contribution in [2.75, 3.05) is 11.4 Å². The van der Waals surface area contributed by atoms with Crippen LogP contribution in [0.2, 0.25) is 0 Å². The van der Waals surface area contributed by atoms with E-state index < -0.39 is 0 Å². The average molecular weight is 272 g/mol. The number of amides is 2. The molecule has 106 valence electrons. The minimum Gasteiger partial charge on any atom is -0.350 e. The predicted octanol–water partition coefficient (Wildman–Crippen LogP) is 2.12. The van der Waals surface area contributed by atoms with Gasteiger partial charge in [0.1, 0.15) is 0 Å². The first-order valence-corrected chi connectivity index (χ1v) is 7.32. The molecule has 1 heterocycles. The van der Waals surface area contributed by atoms with Crippen molar-refractivity contribution in [1.29, 1.82) is 0 Å². The molecule has 1 N–H and O–H groups in total. The van der Waals surface area contributed by atoms with Gasteiger partial charge in [0.15, 0.2) is 0 Å². The third kappa shape index (κ3) is 2.30. The van der Waals surface area contributed by atoms with Gasteiger partial charge in [0.05, 0.1) is 0 Å². The van der Waals surface area contributed by atoms with Gasteiger partial charge in [-0.15, -0.1) is 0 Å². The van der Waals surface area contributed by atoms with Gasteiger partial charge in [0, 0.05) is 29.8 Å². The average Bonchev–Trinajstić information content (AvgIpc) is 3.16. The molecule has 4 heteroatoms. The van der Waals surface area contributed by atoms with Gasteiger partial charge in [-0.1, -0.05) is 6.07 Å². The van der Waals surface area contributed by atoms with Crippen molar-refractivity contribution in [2.45, 2.75) is 39.2 Å².